The second-order valence-corrected chi connectivity index (χ2v) is 3.10. The largest absolute Gasteiger partial charge is 0.396 e. The number of halogens is 2. The quantitative estimate of drug-likeness (QED) is 0.683. The molecule has 2 nitrogen and oxygen atoms in total. The van der Waals surface area contributed by atoms with Crippen LogP contribution in [-0.4, -0.2) is 4.98 Å². The molecule has 0 saturated carbocycles. The minimum absolute atomic E-state index is 0.457. The van der Waals surface area contributed by atoms with Crippen molar-refractivity contribution in [2.75, 3.05) is 5.73 Å². The van der Waals surface area contributed by atoms with E-state index in [4.69, 9.17) is 17.3 Å². The Morgan fingerprint density at radius 2 is 2.30 bits per heavy atom. The lowest BCUT2D eigenvalue weighted by Gasteiger charge is -2.00. The Bertz CT molecular complexity index is 239. The second-order valence-electron chi connectivity index (χ2n) is 1.97. The molecule has 0 unspecified atom stereocenters. The van der Waals surface area contributed by atoms with E-state index in [2.05, 4.69) is 20.9 Å². The first-order valence-electron chi connectivity index (χ1n) is 2.69. The summed E-state index contributed by atoms with van der Waals surface area (Å²) in [4.78, 5) is 3.89. The average Bonchev–Trinajstić information content (AvgIpc) is 1.82. The van der Waals surface area contributed by atoms with Crippen LogP contribution in [0.5, 0.6) is 0 Å². The number of pyridine rings is 1. The van der Waals surface area contributed by atoms with E-state index in [0.29, 0.717) is 15.4 Å². The summed E-state index contributed by atoms with van der Waals surface area (Å²) in [7, 11) is 0. The Kier molecular flexibility index (Phi) is 2.16. The highest BCUT2D eigenvalue weighted by atomic mass is 79.9. The summed E-state index contributed by atoms with van der Waals surface area (Å²) in [5.41, 5.74) is 7.16. The summed E-state index contributed by atoms with van der Waals surface area (Å²) in [6.07, 6.45) is 0. The standard InChI is InChI=1S/C6H6BrClN2/c1-3-2-4(8)10-6(7)5(3)9/h2H,9H2,1H3. The van der Waals surface area contributed by atoms with Gasteiger partial charge in [-0.25, -0.2) is 4.98 Å². The topological polar surface area (TPSA) is 38.9 Å². The van der Waals surface area contributed by atoms with Crippen LogP contribution in [0.1, 0.15) is 5.56 Å². The van der Waals surface area contributed by atoms with Crippen LogP contribution in [-0.2, 0) is 0 Å². The maximum Gasteiger partial charge on any atom is 0.131 e. The van der Waals surface area contributed by atoms with Gasteiger partial charge in [-0.15, -0.1) is 0 Å². The fourth-order valence-electron chi connectivity index (χ4n) is 0.605. The third kappa shape index (κ3) is 1.41. The maximum atomic E-state index is 5.63. The molecule has 10 heavy (non-hydrogen) atoms. The van der Waals surface area contributed by atoms with Crippen LogP contribution in [0.4, 0.5) is 5.69 Å². The molecular formula is C6H6BrClN2. The Morgan fingerprint density at radius 1 is 1.70 bits per heavy atom. The molecular weight excluding hydrogens is 215 g/mol. The highest BCUT2D eigenvalue weighted by Gasteiger charge is 2.01. The van der Waals surface area contributed by atoms with E-state index in [1.54, 1.807) is 6.07 Å². The number of aromatic nitrogens is 1. The van der Waals surface area contributed by atoms with E-state index in [0.717, 1.165) is 5.56 Å². The van der Waals surface area contributed by atoms with Crippen LogP contribution in [0.15, 0.2) is 10.7 Å². The van der Waals surface area contributed by atoms with Crippen molar-refractivity contribution in [1.29, 1.82) is 0 Å². The number of nitrogens with two attached hydrogens (primary N) is 1. The molecule has 2 N–H and O–H groups in total. The number of nitrogens with zero attached hydrogens (tertiary/aromatic N) is 1. The SMILES string of the molecule is Cc1cc(Cl)nc(Br)c1N. The summed E-state index contributed by atoms with van der Waals surface area (Å²) >= 11 is 8.80. The number of hydrogen-bond acceptors (Lipinski definition) is 2. The molecule has 1 aromatic heterocycles. The third-order valence-electron chi connectivity index (χ3n) is 1.19. The zero-order valence-electron chi connectivity index (χ0n) is 5.36. The van der Waals surface area contributed by atoms with Gasteiger partial charge in [0.15, 0.2) is 0 Å². The van der Waals surface area contributed by atoms with E-state index in [-0.39, 0.29) is 0 Å². The maximum absolute atomic E-state index is 5.63. The van der Waals surface area contributed by atoms with Gasteiger partial charge in [0.2, 0.25) is 0 Å². The summed E-state index contributed by atoms with van der Waals surface area (Å²) in [5, 5.41) is 0.457. The second kappa shape index (κ2) is 2.76. The molecule has 0 atom stereocenters. The minimum atomic E-state index is 0.457. The van der Waals surface area contributed by atoms with Gasteiger partial charge in [0.25, 0.3) is 0 Å². The van der Waals surface area contributed by atoms with E-state index in [9.17, 15) is 0 Å². The molecule has 4 heteroatoms. The van der Waals surface area contributed by atoms with Gasteiger partial charge in [0.1, 0.15) is 9.76 Å². The fourth-order valence-corrected chi connectivity index (χ4v) is 1.46. The predicted molar refractivity (Wildman–Crippen MR) is 46.1 cm³/mol. The summed E-state index contributed by atoms with van der Waals surface area (Å²) in [5.74, 6) is 0. The van der Waals surface area contributed by atoms with E-state index >= 15 is 0 Å². The van der Waals surface area contributed by atoms with Gasteiger partial charge in [-0.3, -0.25) is 0 Å². The Morgan fingerprint density at radius 3 is 2.80 bits per heavy atom. The lowest BCUT2D eigenvalue weighted by Crippen LogP contribution is -1.93. The van der Waals surface area contributed by atoms with Gasteiger partial charge in [-0.05, 0) is 34.5 Å². The predicted octanol–water partition coefficient (Wildman–Crippen LogP) is 2.39. The molecule has 0 spiro atoms. The average molecular weight is 221 g/mol. The number of anilines is 1. The lowest BCUT2D eigenvalue weighted by atomic mass is 10.3. The highest BCUT2D eigenvalue weighted by molar-refractivity contribution is 9.10. The number of aryl methyl sites for hydroxylation is 1. The normalized spacial score (nSPS) is 9.90. The molecule has 0 amide bonds. The van der Waals surface area contributed by atoms with Crippen LogP contribution in [0, 0.1) is 6.92 Å². The van der Waals surface area contributed by atoms with Gasteiger partial charge >= 0.3 is 0 Å². The summed E-state index contributed by atoms with van der Waals surface area (Å²) in [6, 6.07) is 1.72. The first-order valence-corrected chi connectivity index (χ1v) is 3.86. The van der Waals surface area contributed by atoms with E-state index in [1.807, 2.05) is 6.92 Å². The van der Waals surface area contributed by atoms with Crippen molar-refractivity contribution in [1.82, 2.24) is 4.98 Å². The van der Waals surface area contributed by atoms with Crippen molar-refractivity contribution >= 4 is 33.2 Å². The first kappa shape index (κ1) is 7.82. The smallest absolute Gasteiger partial charge is 0.131 e. The van der Waals surface area contributed by atoms with Crippen LogP contribution >= 0.6 is 27.5 Å². The lowest BCUT2D eigenvalue weighted by molar-refractivity contribution is 1.25. The molecule has 0 aliphatic heterocycles. The number of rotatable bonds is 0. The monoisotopic (exact) mass is 220 g/mol. The van der Waals surface area contributed by atoms with Crippen LogP contribution < -0.4 is 5.73 Å². The Hall–Kier alpha value is -0.280. The van der Waals surface area contributed by atoms with E-state index in [1.165, 1.54) is 0 Å². The van der Waals surface area contributed by atoms with Crippen LogP contribution in [0.3, 0.4) is 0 Å². The van der Waals surface area contributed by atoms with E-state index < -0.39 is 0 Å². The molecule has 0 bridgehead atoms. The van der Waals surface area contributed by atoms with Crippen molar-refractivity contribution in [3.8, 4) is 0 Å². The van der Waals surface area contributed by atoms with Gasteiger partial charge < -0.3 is 5.73 Å². The molecule has 1 heterocycles. The molecule has 0 aliphatic carbocycles. The Labute approximate surface area is 72.5 Å². The summed E-state index contributed by atoms with van der Waals surface area (Å²) < 4.78 is 0.609. The van der Waals surface area contributed by atoms with Crippen LogP contribution in [0.2, 0.25) is 5.15 Å². The van der Waals surface area contributed by atoms with Crippen molar-refractivity contribution in [2.45, 2.75) is 6.92 Å². The molecule has 0 radical (unpaired) electrons. The fraction of sp³-hybridized carbons (Fsp3) is 0.167. The van der Waals surface area contributed by atoms with Crippen LogP contribution in [0.25, 0.3) is 0 Å². The molecule has 54 valence electrons. The van der Waals surface area contributed by atoms with Crippen molar-refractivity contribution in [3.05, 3.63) is 21.4 Å². The number of hydrogen-bond donors (Lipinski definition) is 1. The minimum Gasteiger partial charge on any atom is -0.396 e. The van der Waals surface area contributed by atoms with Gasteiger partial charge in [0, 0.05) is 0 Å². The van der Waals surface area contributed by atoms with Gasteiger partial charge in [-0.1, -0.05) is 11.6 Å². The van der Waals surface area contributed by atoms with Crippen molar-refractivity contribution in [3.63, 3.8) is 0 Å². The van der Waals surface area contributed by atoms with Crippen molar-refractivity contribution in [2.24, 2.45) is 0 Å². The third-order valence-corrected chi connectivity index (χ3v) is 1.99. The number of nitrogen functional groups attached to an aromatic ring is 1. The molecule has 1 aromatic rings. The highest BCUT2D eigenvalue weighted by Crippen LogP contribution is 2.23. The molecule has 0 fully saturated rings. The first-order chi connectivity index (χ1) is 4.61. The Balaban J connectivity index is 3.31. The zero-order valence-corrected chi connectivity index (χ0v) is 7.70. The van der Waals surface area contributed by atoms with Gasteiger partial charge in [-0.2, -0.15) is 0 Å². The molecule has 0 aromatic carbocycles. The van der Waals surface area contributed by atoms with Crippen molar-refractivity contribution < 1.29 is 0 Å². The summed E-state index contributed by atoms with van der Waals surface area (Å²) in [6.45, 7) is 1.88. The molecule has 1 rings (SSSR count). The zero-order chi connectivity index (χ0) is 7.72. The molecule has 0 aliphatic rings. The molecule has 0 saturated heterocycles. The van der Waals surface area contributed by atoms with Gasteiger partial charge in [0.05, 0.1) is 5.69 Å².